The lowest BCUT2D eigenvalue weighted by Gasteiger charge is -2.34. The van der Waals surface area contributed by atoms with Crippen molar-refractivity contribution >= 4 is 11.8 Å². The first kappa shape index (κ1) is 16.2. The topological polar surface area (TPSA) is 58.4 Å². The van der Waals surface area contributed by atoms with Gasteiger partial charge in [-0.05, 0) is 18.6 Å². The maximum atomic E-state index is 13.1. The summed E-state index contributed by atoms with van der Waals surface area (Å²) in [7, 11) is 3.61. The van der Waals surface area contributed by atoms with Crippen LogP contribution in [0, 0.1) is 0 Å². The molecule has 24 heavy (non-hydrogen) atoms. The molecule has 0 N–H and O–H groups in total. The first-order valence-electron chi connectivity index (χ1n) is 8.12. The molecule has 3 rings (SSSR count). The summed E-state index contributed by atoms with van der Waals surface area (Å²) in [5, 5.41) is 4.16. The second-order valence-corrected chi connectivity index (χ2v) is 6.20. The fraction of sp³-hybridized carbons (Fsp3) is 0.389. The number of nitrogens with zero attached hydrogens (tertiary/aromatic N) is 4. The van der Waals surface area contributed by atoms with Crippen LogP contribution >= 0.6 is 0 Å². The van der Waals surface area contributed by atoms with Crippen molar-refractivity contribution in [2.75, 3.05) is 20.1 Å². The third kappa shape index (κ3) is 2.91. The van der Waals surface area contributed by atoms with E-state index in [1.54, 1.807) is 28.9 Å². The molecule has 1 atom stereocenters. The first-order valence-corrected chi connectivity index (χ1v) is 8.12. The molecule has 1 aliphatic rings. The molecule has 0 saturated heterocycles. The molecule has 1 aromatic heterocycles. The van der Waals surface area contributed by atoms with Gasteiger partial charge < -0.3 is 9.80 Å². The Morgan fingerprint density at radius 3 is 2.75 bits per heavy atom. The number of amides is 2. The number of hydrogen-bond donors (Lipinski definition) is 0. The largest absolute Gasteiger partial charge is 0.341 e. The van der Waals surface area contributed by atoms with Crippen LogP contribution < -0.4 is 0 Å². The Morgan fingerprint density at radius 2 is 2.08 bits per heavy atom. The second-order valence-electron chi connectivity index (χ2n) is 6.20. The zero-order valence-electron chi connectivity index (χ0n) is 14.3. The van der Waals surface area contributed by atoms with Crippen molar-refractivity contribution in [1.82, 2.24) is 19.6 Å². The average molecular weight is 326 g/mol. The van der Waals surface area contributed by atoms with Crippen LogP contribution in [0.2, 0.25) is 0 Å². The molecular weight excluding hydrogens is 304 g/mol. The van der Waals surface area contributed by atoms with Crippen molar-refractivity contribution in [3.05, 3.63) is 53.3 Å². The van der Waals surface area contributed by atoms with Gasteiger partial charge in [-0.25, -0.2) is 0 Å². The molecule has 1 aliphatic heterocycles. The minimum Gasteiger partial charge on any atom is -0.341 e. The Labute approximate surface area is 141 Å². The van der Waals surface area contributed by atoms with Gasteiger partial charge in [0, 0.05) is 51.1 Å². The molecule has 2 heterocycles. The number of likely N-dealkylation sites (N-methyl/N-ethyl adjacent to an activating group) is 2. The lowest BCUT2D eigenvalue weighted by molar-refractivity contribution is -0.133. The van der Waals surface area contributed by atoms with Crippen molar-refractivity contribution in [2.24, 2.45) is 7.05 Å². The SMILES string of the molecule is CCN(Cc1cnn(C)c1)C(=O)C1CN(C)C(=O)c2ccccc21. The lowest BCUT2D eigenvalue weighted by Crippen LogP contribution is -2.44. The van der Waals surface area contributed by atoms with Gasteiger partial charge in [0.05, 0.1) is 12.1 Å². The summed E-state index contributed by atoms with van der Waals surface area (Å²) in [6, 6.07) is 7.41. The Balaban J connectivity index is 1.87. The fourth-order valence-electron chi connectivity index (χ4n) is 3.21. The van der Waals surface area contributed by atoms with Crippen LogP contribution in [0.15, 0.2) is 36.7 Å². The molecule has 2 amide bonds. The number of fused-ring (bicyclic) bond motifs is 1. The van der Waals surface area contributed by atoms with E-state index in [-0.39, 0.29) is 17.7 Å². The molecule has 0 bridgehead atoms. The predicted molar refractivity (Wildman–Crippen MR) is 90.4 cm³/mol. The quantitative estimate of drug-likeness (QED) is 0.858. The molecular formula is C18H22N4O2. The third-order valence-electron chi connectivity index (χ3n) is 4.49. The van der Waals surface area contributed by atoms with Crippen LogP contribution in [0.4, 0.5) is 0 Å². The Morgan fingerprint density at radius 1 is 1.33 bits per heavy atom. The van der Waals surface area contributed by atoms with Gasteiger partial charge in [0.15, 0.2) is 0 Å². The Bertz CT molecular complexity index is 768. The van der Waals surface area contributed by atoms with Crippen LogP contribution in [0.25, 0.3) is 0 Å². The molecule has 0 saturated carbocycles. The van der Waals surface area contributed by atoms with Crippen molar-refractivity contribution in [3.63, 3.8) is 0 Å². The Hall–Kier alpha value is -2.63. The van der Waals surface area contributed by atoms with Crippen LogP contribution in [0.3, 0.4) is 0 Å². The average Bonchev–Trinajstić information content (AvgIpc) is 3.00. The summed E-state index contributed by atoms with van der Waals surface area (Å²) < 4.78 is 1.73. The highest BCUT2D eigenvalue weighted by Crippen LogP contribution is 2.29. The summed E-state index contributed by atoms with van der Waals surface area (Å²) in [4.78, 5) is 28.9. The fourth-order valence-corrected chi connectivity index (χ4v) is 3.21. The number of aryl methyl sites for hydroxylation is 1. The van der Waals surface area contributed by atoms with Gasteiger partial charge in [0.2, 0.25) is 5.91 Å². The van der Waals surface area contributed by atoms with E-state index in [2.05, 4.69) is 5.10 Å². The number of carbonyl (C=O) groups is 2. The molecule has 126 valence electrons. The maximum Gasteiger partial charge on any atom is 0.253 e. The van der Waals surface area contributed by atoms with Crippen LogP contribution in [0.1, 0.15) is 34.3 Å². The predicted octanol–water partition coefficient (Wildman–Crippen LogP) is 1.64. The van der Waals surface area contributed by atoms with Gasteiger partial charge in [0.1, 0.15) is 0 Å². The zero-order valence-corrected chi connectivity index (χ0v) is 14.3. The van der Waals surface area contributed by atoms with Gasteiger partial charge in [0.25, 0.3) is 5.91 Å². The van der Waals surface area contributed by atoms with Gasteiger partial charge in [-0.2, -0.15) is 5.10 Å². The summed E-state index contributed by atoms with van der Waals surface area (Å²) >= 11 is 0. The van der Waals surface area contributed by atoms with Gasteiger partial charge >= 0.3 is 0 Å². The van der Waals surface area contributed by atoms with Gasteiger partial charge in [-0.1, -0.05) is 18.2 Å². The summed E-state index contributed by atoms with van der Waals surface area (Å²) in [6.45, 7) is 3.53. The number of hydrogen-bond acceptors (Lipinski definition) is 3. The van der Waals surface area contributed by atoms with E-state index in [0.717, 1.165) is 11.1 Å². The zero-order chi connectivity index (χ0) is 17.3. The van der Waals surface area contributed by atoms with E-state index in [1.807, 2.05) is 43.3 Å². The third-order valence-corrected chi connectivity index (χ3v) is 4.49. The van der Waals surface area contributed by atoms with E-state index in [9.17, 15) is 9.59 Å². The molecule has 6 nitrogen and oxygen atoms in total. The number of carbonyl (C=O) groups excluding carboxylic acids is 2. The standard InChI is InChI=1S/C18H22N4O2/c1-4-22(11-13-9-19-21(3)10-13)18(24)16-12-20(2)17(23)15-8-6-5-7-14(15)16/h5-10,16H,4,11-12H2,1-3H3. The van der Waals surface area contributed by atoms with Crippen molar-refractivity contribution in [2.45, 2.75) is 19.4 Å². The molecule has 0 aliphatic carbocycles. The molecule has 0 radical (unpaired) electrons. The monoisotopic (exact) mass is 326 g/mol. The van der Waals surface area contributed by atoms with E-state index >= 15 is 0 Å². The van der Waals surface area contributed by atoms with Crippen molar-refractivity contribution in [1.29, 1.82) is 0 Å². The molecule has 1 unspecified atom stereocenters. The number of rotatable bonds is 4. The highest BCUT2D eigenvalue weighted by Gasteiger charge is 2.35. The summed E-state index contributed by atoms with van der Waals surface area (Å²) in [5.74, 6) is -0.293. The van der Waals surface area contributed by atoms with Gasteiger partial charge in [-0.3, -0.25) is 14.3 Å². The lowest BCUT2D eigenvalue weighted by atomic mass is 9.88. The first-order chi connectivity index (χ1) is 11.5. The van der Waals surface area contributed by atoms with Crippen molar-refractivity contribution < 1.29 is 9.59 Å². The minimum absolute atomic E-state index is 0.0232. The second kappa shape index (κ2) is 6.47. The molecule has 1 aromatic carbocycles. The highest BCUT2D eigenvalue weighted by molar-refractivity contribution is 6.00. The van der Waals surface area contributed by atoms with E-state index in [4.69, 9.17) is 0 Å². The molecule has 0 fully saturated rings. The number of benzene rings is 1. The smallest absolute Gasteiger partial charge is 0.253 e. The summed E-state index contributed by atoms with van der Waals surface area (Å²) in [5.41, 5.74) is 2.46. The Kier molecular flexibility index (Phi) is 4.38. The van der Waals surface area contributed by atoms with Gasteiger partial charge in [-0.15, -0.1) is 0 Å². The van der Waals surface area contributed by atoms with Crippen LogP contribution in [0.5, 0.6) is 0 Å². The van der Waals surface area contributed by atoms with Crippen LogP contribution in [-0.4, -0.2) is 51.5 Å². The number of aromatic nitrogens is 2. The summed E-state index contributed by atoms with van der Waals surface area (Å²) in [6.07, 6.45) is 3.70. The molecule has 6 heteroatoms. The minimum atomic E-state index is -0.319. The van der Waals surface area contributed by atoms with E-state index in [0.29, 0.717) is 25.2 Å². The normalized spacial score (nSPS) is 16.9. The molecule has 2 aromatic rings. The highest BCUT2D eigenvalue weighted by atomic mass is 16.2. The molecule has 0 spiro atoms. The maximum absolute atomic E-state index is 13.1. The van der Waals surface area contributed by atoms with Crippen molar-refractivity contribution in [3.8, 4) is 0 Å². The van der Waals surface area contributed by atoms with E-state index in [1.165, 1.54) is 0 Å². The van der Waals surface area contributed by atoms with E-state index < -0.39 is 0 Å². The van der Waals surface area contributed by atoms with Crippen LogP contribution in [-0.2, 0) is 18.4 Å².